The molecule has 0 N–H and O–H groups in total. The van der Waals surface area contributed by atoms with E-state index in [1.807, 2.05) is 0 Å². The van der Waals surface area contributed by atoms with Crippen molar-refractivity contribution in [1.29, 1.82) is 0 Å². The van der Waals surface area contributed by atoms with Gasteiger partial charge in [-0.25, -0.2) is 4.99 Å². The number of aliphatic imine (C=N–C) groups is 1. The molecule has 0 unspecified atom stereocenters. The Morgan fingerprint density at radius 1 is 0.893 bits per heavy atom. The fourth-order valence-electron chi connectivity index (χ4n) is 5.28. The molecule has 1 nitrogen and oxygen atoms in total. The smallest absolute Gasteiger partial charge is 0.0789 e. The Hall–Kier alpha value is -2.41. The van der Waals surface area contributed by atoms with E-state index in [0.717, 1.165) is 11.4 Å². The Balaban J connectivity index is 1.61. The molecule has 0 atom stereocenters. The lowest BCUT2D eigenvalue weighted by Crippen LogP contribution is -2.20. The van der Waals surface area contributed by atoms with E-state index in [2.05, 4.69) is 76.2 Å². The molecule has 2 aliphatic rings. The molecule has 0 radical (unpaired) electrons. The molecule has 1 heteroatoms. The summed E-state index contributed by atoms with van der Waals surface area (Å²) >= 11 is 0. The SMILES string of the molecule is Cc1cc(C)cc(C2=Nc3cccc4c(C5CCC(C)(C)CC5)ccc2c34)c1. The topological polar surface area (TPSA) is 12.4 Å². The molecule has 1 aliphatic heterocycles. The highest BCUT2D eigenvalue weighted by Gasteiger charge is 2.30. The van der Waals surface area contributed by atoms with Crippen LogP contribution in [0.4, 0.5) is 5.69 Å². The zero-order chi connectivity index (χ0) is 19.5. The van der Waals surface area contributed by atoms with Crippen molar-refractivity contribution in [3.8, 4) is 0 Å². The molecule has 28 heavy (non-hydrogen) atoms. The first-order valence-corrected chi connectivity index (χ1v) is 10.6. The average Bonchev–Trinajstić information content (AvgIpc) is 3.02. The highest BCUT2D eigenvalue weighted by molar-refractivity contribution is 6.26. The van der Waals surface area contributed by atoms with Gasteiger partial charge in [0, 0.05) is 16.5 Å². The van der Waals surface area contributed by atoms with Crippen LogP contribution in [0.15, 0.2) is 53.5 Å². The summed E-state index contributed by atoms with van der Waals surface area (Å²) in [4.78, 5) is 5.07. The molecular formula is C27H29N. The van der Waals surface area contributed by atoms with Gasteiger partial charge >= 0.3 is 0 Å². The van der Waals surface area contributed by atoms with E-state index in [1.165, 1.54) is 64.3 Å². The van der Waals surface area contributed by atoms with Crippen molar-refractivity contribution in [2.24, 2.45) is 10.4 Å². The van der Waals surface area contributed by atoms with E-state index in [-0.39, 0.29) is 0 Å². The minimum atomic E-state index is 0.505. The molecule has 1 heterocycles. The van der Waals surface area contributed by atoms with Crippen molar-refractivity contribution in [3.05, 3.63) is 76.3 Å². The fourth-order valence-corrected chi connectivity index (χ4v) is 5.28. The van der Waals surface area contributed by atoms with E-state index in [4.69, 9.17) is 4.99 Å². The second kappa shape index (κ2) is 6.30. The van der Waals surface area contributed by atoms with Gasteiger partial charge in [-0.3, -0.25) is 0 Å². The van der Waals surface area contributed by atoms with Crippen LogP contribution >= 0.6 is 0 Å². The molecule has 0 aromatic heterocycles. The molecule has 142 valence electrons. The van der Waals surface area contributed by atoms with Crippen LogP contribution in [0.5, 0.6) is 0 Å². The first-order chi connectivity index (χ1) is 13.4. The third-order valence-corrected chi connectivity index (χ3v) is 6.81. The van der Waals surface area contributed by atoms with Crippen LogP contribution in [0.2, 0.25) is 0 Å². The molecule has 1 aliphatic carbocycles. The van der Waals surface area contributed by atoms with Crippen LogP contribution < -0.4 is 0 Å². The number of aryl methyl sites for hydroxylation is 2. The molecule has 0 amide bonds. The highest BCUT2D eigenvalue weighted by atomic mass is 14.8. The Bertz CT molecular complexity index is 1090. The van der Waals surface area contributed by atoms with Crippen LogP contribution in [0.1, 0.15) is 73.3 Å². The number of nitrogens with zero attached hydrogens (tertiary/aromatic N) is 1. The predicted octanol–water partition coefficient (Wildman–Crippen LogP) is 7.62. The number of hydrogen-bond acceptors (Lipinski definition) is 1. The van der Waals surface area contributed by atoms with Crippen molar-refractivity contribution in [2.75, 3.05) is 0 Å². The molecule has 1 fully saturated rings. The van der Waals surface area contributed by atoms with Gasteiger partial charge in [0.15, 0.2) is 0 Å². The summed E-state index contributed by atoms with van der Waals surface area (Å²) in [7, 11) is 0. The van der Waals surface area contributed by atoms with Gasteiger partial charge in [-0.1, -0.05) is 55.3 Å². The predicted molar refractivity (Wildman–Crippen MR) is 120 cm³/mol. The molecule has 1 saturated carbocycles. The first-order valence-electron chi connectivity index (χ1n) is 10.6. The molecule has 0 spiro atoms. The highest BCUT2D eigenvalue weighted by Crippen LogP contribution is 2.46. The van der Waals surface area contributed by atoms with Crippen LogP contribution in [-0.2, 0) is 0 Å². The summed E-state index contributed by atoms with van der Waals surface area (Å²) in [6.07, 6.45) is 5.25. The summed E-state index contributed by atoms with van der Waals surface area (Å²) in [6, 6.07) is 18.2. The van der Waals surface area contributed by atoms with Gasteiger partial charge in [0.2, 0.25) is 0 Å². The first kappa shape index (κ1) is 17.7. The van der Waals surface area contributed by atoms with Gasteiger partial charge in [-0.15, -0.1) is 0 Å². The number of benzene rings is 3. The Labute approximate surface area is 168 Å². The Morgan fingerprint density at radius 2 is 1.61 bits per heavy atom. The zero-order valence-electron chi connectivity index (χ0n) is 17.5. The van der Waals surface area contributed by atoms with Crippen molar-refractivity contribution >= 4 is 22.2 Å². The van der Waals surface area contributed by atoms with Gasteiger partial charge in [0.25, 0.3) is 0 Å². The minimum Gasteiger partial charge on any atom is -0.247 e. The van der Waals surface area contributed by atoms with E-state index >= 15 is 0 Å². The van der Waals surface area contributed by atoms with Crippen molar-refractivity contribution in [2.45, 2.75) is 59.3 Å². The van der Waals surface area contributed by atoms with E-state index in [1.54, 1.807) is 0 Å². The molecule has 0 saturated heterocycles. The summed E-state index contributed by atoms with van der Waals surface area (Å²) in [5, 5.41) is 2.78. The fraction of sp³-hybridized carbons (Fsp3) is 0.370. The molecular weight excluding hydrogens is 338 g/mol. The monoisotopic (exact) mass is 367 g/mol. The maximum atomic E-state index is 5.07. The van der Waals surface area contributed by atoms with Crippen molar-refractivity contribution in [1.82, 2.24) is 0 Å². The van der Waals surface area contributed by atoms with Gasteiger partial charge < -0.3 is 0 Å². The number of hydrogen-bond donors (Lipinski definition) is 0. The van der Waals surface area contributed by atoms with Crippen LogP contribution in [0.25, 0.3) is 10.8 Å². The molecule has 5 rings (SSSR count). The normalized spacial score (nSPS) is 18.5. The number of rotatable bonds is 2. The second-order valence-electron chi connectivity index (χ2n) is 9.68. The van der Waals surface area contributed by atoms with E-state index < -0.39 is 0 Å². The van der Waals surface area contributed by atoms with E-state index in [9.17, 15) is 0 Å². The van der Waals surface area contributed by atoms with Crippen LogP contribution in [-0.4, -0.2) is 5.71 Å². The lowest BCUT2D eigenvalue weighted by molar-refractivity contribution is 0.225. The zero-order valence-corrected chi connectivity index (χ0v) is 17.5. The van der Waals surface area contributed by atoms with Crippen molar-refractivity contribution in [3.63, 3.8) is 0 Å². The molecule has 0 bridgehead atoms. The van der Waals surface area contributed by atoms with Crippen LogP contribution in [0, 0.1) is 19.3 Å². The lowest BCUT2D eigenvalue weighted by atomic mass is 9.70. The van der Waals surface area contributed by atoms with E-state index in [0.29, 0.717) is 11.3 Å². The summed E-state index contributed by atoms with van der Waals surface area (Å²) in [5.74, 6) is 0.683. The Morgan fingerprint density at radius 3 is 2.32 bits per heavy atom. The minimum absolute atomic E-state index is 0.505. The molecule has 3 aromatic carbocycles. The Kier molecular flexibility index (Phi) is 3.98. The van der Waals surface area contributed by atoms with Crippen LogP contribution in [0.3, 0.4) is 0 Å². The summed E-state index contributed by atoms with van der Waals surface area (Å²) in [6.45, 7) is 9.17. The average molecular weight is 368 g/mol. The quantitative estimate of drug-likeness (QED) is 0.345. The third kappa shape index (κ3) is 2.89. The van der Waals surface area contributed by atoms with Gasteiger partial charge in [-0.2, -0.15) is 0 Å². The largest absolute Gasteiger partial charge is 0.247 e. The maximum Gasteiger partial charge on any atom is 0.0789 e. The second-order valence-corrected chi connectivity index (χ2v) is 9.68. The van der Waals surface area contributed by atoms with Gasteiger partial charge in [-0.05, 0) is 80.0 Å². The summed E-state index contributed by atoms with van der Waals surface area (Å²) < 4.78 is 0. The molecule has 3 aromatic rings. The summed E-state index contributed by atoms with van der Waals surface area (Å²) in [5.41, 5.74) is 9.45. The maximum absolute atomic E-state index is 5.07. The lowest BCUT2D eigenvalue weighted by Gasteiger charge is -2.35. The third-order valence-electron chi connectivity index (χ3n) is 6.81. The standard InChI is InChI=1S/C27H29N/c1-17-14-18(2)16-20(15-17)26-23-9-8-21(19-10-12-27(3,4)13-11-19)22-6-5-7-24(28-26)25(22)23/h5-9,14-16,19H,10-13H2,1-4H3. The van der Waals surface area contributed by atoms with Crippen molar-refractivity contribution < 1.29 is 0 Å². The van der Waals surface area contributed by atoms with Gasteiger partial charge in [0.1, 0.15) is 0 Å². The van der Waals surface area contributed by atoms with Gasteiger partial charge in [0.05, 0.1) is 11.4 Å².